The van der Waals surface area contributed by atoms with Crippen LogP contribution in [0.2, 0.25) is 0 Å². The Kier molecular flexibility index (Phi) is 2.72. The molecule has 0 aliphatic carbocycles. The SMILES string of the molecule is Nc1c(F)cc(C(F)F)nc1CO. The fraction of sp³-hybridized carbons (Fsp3) is 0.286. The van der Waals surface area contributed by atoms with Crippen molar-refractivity contribution in [2.75, 3.05) is 5.73 Å². The lowest BCUT2D eigenvalue weighted by atomic mass is 10.2. The topological polar surface area (TPSA) is 59.1 Å². The van der Waals surface area contributed by atoms with Gasteiger partial charge < -0.3 is 10.8 Å². The van der Waals surface area contributed by atoms with Crippen LogP contribution in [-0.4, -0.2) is 10.1 Å². The molecule has 0 spiro atoms. The van der Waals surface area contributed by atoms with Crippen LogP contribution in [-0.2, 0) is 6.61 Å². The lowest BCUT2D eigenvalue weighted by Crippen LogP contribution is -2.04. The molecular weight excluding hydrogens is 185 g/mol. The minimum atomic E-state index is -2.87. The van der Waals surface area contributed by atoms with Crippen molar-refractivity contribution < 1.29 is 18.3 Å². The highest BCUT2D eigenvalue weighted by Gasteiger charge is 2.15. The van der Waals surface area contributed by atoms with Gasteiger partial charge in [0.05, 0.1) is 18.0 Å². The molecule has 13 heavy (non-hydrogen) atoms. The second kappa shape index (κ2) is 3.61. The third-order valence-corrected chi connectivity index (χ3v) is 1.48. The van der Waals surface area contributed by atoms with Gasteiger partial charge in [-0.2, -0.15) is 0 Å². The van der Waals surface area contributed by atoms with Gasteiger partial charge in [-0.05, 0) is 0 Å². The van der Waals surface area contributed by atoms with E-state index in [0.717, 1.165) is 0 Å². The zero-order chi connectivity index (χ0) is 10.0. The highest BCUT2D eigenvalue weighted by atomic mass is 19.3. The van der Waals surface area contributed by atoms with Crippen LogP contribution in [0.4, 0.5) is 18.9 Å². The van der Waals surface area contributed by atoms with Crippen LogP contribution in [0.5, 0.6) is 0 Å². The van der Waals surface area contributed by atoms with Gasteiger partial charge in [-0.15, -0.1) is 0 Å². The summed E-state index contributed by atoms with van der Waals surface area (Å²) in [6.45, 7) is -0.663. The minimum absolute atomic E-state index is 0.268. The summed E-state index contributed by atoms with van der Waals surface area (Å²) in [5.74, 6) is -0.991. The van der Waals surface area contributed by atoms with Crippen LogP contribution in [0.15, 0.2) is 6.07 Å². The first kappa shape index (κ1) is 9.79. The van der Waals surface area contributed by atoms with Crippen LogP contribution < -0.4 is 5.73 Å². The second-order valence-corrected chi connectivity index (χ2v) is 2.35. The number of alkyl halides is 2. The predicted molar refractivity (Wildman–Crippen MR) is 39.5 cm³/mol. The van der Waals surface area contributed by atoms with Gasteiger partial charge in [0.25, 0.3) is 6.43 Å². The number of hydrogen-bond donors (Lipinski definition) is 2. The van der Waals surface area contributed by atoms with Crippen molar-refractivity contribution in [3.63, 3.8) is 0 Å². The maximum Gasteiger partial charge on any atom is 0.280 e. The Labute approximate surface area is 72.0 Å². The van der Waals surface area contributed by atoms with E-state index < -0.39 is 30.2 Å². The van der Waals surface area contributed by atoms with E-state index in [1.165, 1.54) is 0 Å². The summed E-state index contributed by atoms with van der Waals surface area (Å²) < 4.78 is 36.9. The van der Waals surface area contributed by atoms with Crippen molar-refractivity contribution in [1.82, 2.24) is 4.98 Å². The Balaban J connectivity index is 3.22. The number of aliphatic hydroxyl groups is 1. The molecule has 0 unspecified atom stereocenters. The van der Waals surface area contributed by atoms with Crippen molar-refractivity contribution >= 4 is 5.69 Å². The number of aromatic nitrogens is 1. The number of nitrogens with zero attached hydrogens (tertiary/aromatic N) is 1. The molecule has 3 N–H and O–H groups in total. The minimum Gasteiger partial charge on any atom is -0.395 e. The molecule has 0 fully saturated rings. The molecule has 0 amide bonds. The lowest BCUT2D eigenvalue weighted by Gasteiger charge is -2.05. The van der Waals surface area contributed by atoms with E-state index in [1.54, 1.807) is 0 Å². The fourth-order valence-corrected chi connectivity index (χ4v) is 0.826. The maximum absolute atomic E-state index is 12.8. The highest BCUT2D eigenvalue weighted by molar-refractivity contribution is 5.44. The van der Waals surface area contributed by atoms with Gasteiger partial charge in [0.15, 0.2) is 0 Å². The molecule has 0 aliphatic rings. The van der Waals surface area contributed by atoms with E-state index >= 15 is 0 Å². The van der Waals surface area contributed by atoms with Gasteiger partial charge in [0.2, 0.25) is 0 Å². The molecule has 0 aliphatic heterocycles. The smallest absolute Gasteiger partial charge is 0.280 e. The third kappa shape index (κ3) is 1.89. The number of rotatable bonds is 2. The summed E-state index contributed by atoms with van der Waals surface area (Å²) in [5, 5.41) is 8.60. The number of nitrogen functional groups attached to an aromatic ring is 1. The summed E-state index contributed by atoms with van der Waals surface area (Å²) in [6, 6.07) is 0.555. The quantitative estimate of drug-likeness (QED) is 0.740. The molecule has 0 saturated carbocycles. The molecule has 6 heteroatoms. The van der Waals surface area contributed by atoms with E-state index in [9.17, 15) is 13.2 Å². The number of hydrogen-bond acceptors (Lipinski definition) is 3. The second-order valence-electron chi connectivity index (χ2n) is 2.35. The molecule has 1 aromatic rings. The fourth-order valence-electron chi connectivity index (χ4n) is 0.826. The maximum atomic E-state index is 12.8. The molecule has 1 rings (SSSR count). The molecular formula is C7H7F3N2O. The highest BCUT2D eigenvalue weighted by Crippen LogP contribution is 2.22. The van der Waals surface area contributed by atoms with Gasteiger partial charge >= 0.3 is 0 Å². The first-order valence-electron chi connectivity index (χ1n) is 3.40. The first-order chi connectivity index (χ1) is 6.06. The molecule has 1 heterocycles. The van der Waals surface area contributed by atoms with Crippen molar-refractivity contribution in [3.8, 4) is 0 Å². The average molecular weight is 192 g/mol. The Morgan fingerprint density at radius 1 is 1.54 bits per heavy atom. The lowest BCUT2D eigenvalue weighted by molar-refractivity contribution is 0.144. The third-order valence-electron chi connectivity index (χ3n) is 1.48. The molecule has 0 radical (unpaired) electrons. The van der Waals surface area contributed by atoms with Crippen molar-refractivity contribution in [3.05, 3.63) is 23.3 Å². The van der Waals surface area contributed by atoms with Gasteiger partial charge in [-0.25, -0.2) is 18.2 Å². The van der Waals surface area contributed by atoms with Crippen LogP contribution in [0.25, 0.3) is 0 Å². The number of anilines is 1. The molecule has 3 nitrogen and oxygen atoms in total. The summed E-state index contributed by atoms with van der Waals surface area (Å²) >= 11 is 0. The van der Waals surface area contributed by atoms with Gasteiger partial charge in [-0.1, -0.05) is 0 Å². The van der Waals surface area contributed by atoms with Crippen molar-refractivity contribution in [1.29, 1.82) is 0 Å². The molecule has 0 saturated heterocycles. The molecule has 0 atom stereocenters. The molecule has 0 aromatic carbocycles. The van der Waals surface area contributed by atoms with Crippen molar-refractivity contribution in [2.24, 2.45) is 0 Å². The normalized spacial score (nSPS) is 10.8. The Hall–Kier alpha value is -1.30. The molecule has 1 aromatic heterocycles. The monoisotopic (exact) mass is 192 g/mol. The predicted octanol–water partition coefficient (Wildman–Crippen LogP) is 1.23. The Morgan fingerprint density at radius 3 is 2.62 bits per heavy atom. The number of aliphatic hydroxyl groups excluding tert-OH is 1. The summed E-state index contributed by atoms with van der Waals surface area (Å²) in [6.07, 6.45) is -2.87. The summed E-state index contributed by atoms with van der Waals surface area (Å²) in [7, 11) is 0. The van der Waals surface area contributed by atoms with Gasteiger partial charge in [0.1, 0.15) is 11.5 Å². The van der Waals surface area contributed by atoms with E-state index in [-0.39, 0.29) is 5.69 Å². The first-order valence-corrected chi connectivity index (χ1v) is 3.40. The standard InChI is InChI=1S/C7H7F3N2O/c8-3-1-4(7(9)10)12-5(2-13)6(3)11/h1,7,13H,2,11H2. The van der Waals surface area contributed by atoms with Gasteiger partial charge in [0, 0.05) is 6.07 Å². The number of halogens is 3. The largest absolute Gasteiger partial charge is 0.395 e. The zero-order valence-electron chi connectivity index (χ0n) is 6.47. The van der Waals surface area contributed by atoms with Crippen LogP contribution in [0.1, 0.15) is 17.8 Å². The van der Waals surface area contributed by atoms with E-state index in [2.05, 4.69) is 4.98 Å². The van der Waals surface area contributed by atoms with Crippen LogP contribution >= 0.6 is 0 Å². The van der Waals surface area contributed by atoms with Crippen molar-refractivity contribution in [2.45, 2.75) is 13.0 Å². The number of pyridine rings is 1. The molecule has 72 valence electrons. The van der Waals surface area contributed by atoms with E-state index in [4.69, 9.17) is 10.8 Å². The number of nitrogens with two attached hydrogens (primary N) is 1. The van der Waals surface area contributed by atoms with Crippen LogP contribution in [0.3, 0.4) is 0 Å². The summed E-state index contributed by atoms with van der Waals surface area (Å²) in [5.41, 5.74) is 3.73. The Morgan fingerprint density at radius 2 is 2.15 bits per heavy atom. The van der Waals surface area contributed by atoms with E-state index in [0.29, 0.717) is 6.07 Å². The van der Waals surface area contributed by atoms with Crippen LogP contribution in [0, 0.1) is 5.82 Å². The van der Waals surface area contributed by atoms with Gasteiger partial charge in [-0.3, -0.25) is 0 Å². The summed E-state index contributed by atoms with van der Waals surface area (Å²) in [4.78, 5) is 3.29. The zero-order valence-corrected chi connectivity index (χ0v) is 6.47. The Bertz CT molecular complexity index is 317. The molecule has 0 bridgehead atoms. The van der Waals surface area contributed by atoms with E-state index in [1.807, 2.05) is 0 Å². The average Bonchev–Trinajstić information content (AvgIpc) is 2.09.